The molecule has 1 aromatic heterocycles. The van der Waals surface area contributed by atoms with E-state index in [9.17, 15) is 4.79 Å². The molecule has 0 spiro atoms. The Morgan fingerprint density at radius 3 is 2.75 bits per heavy atom. The summed E-state index contributed by atoms with van der Waals surface area (Å²) in [5.74, 6) is 1.48. The normalized spacial score (nSPS) is 18.2. The van der Waals surface area contributed by atoms with Crippen molar-refractivity contribution < 1.29 is 9.53 Å². The van der Waals surface area contributed by atoms with Crippen molar-refractivity contribution in [2.24, 2.45) is 5.92 Å². The summed E-state index contributed by atoms with van der Waals surface area (Å²) in [6.07, 6.45) is 2.96. The Bertz CT molecular complexity index is 427. The van der Waals surface area contributed by atoms with E-state index in [2.05, 4.69) is 20.8 Å². The van der Waals surface area contributed by atoms with Crippen LogP contribution in [0.2, 0.25) is 0 Å². The highest BCUT2D eigenvalue weighted by molar-refractivity contribution is 5.89. The van der Waals surface area contributed by atoms with Crippen molar-refractivity contribution >= 4 is 17.5 Å². The number of carbonyl (C=O) groups excluding carboxylic acids is 1. The summed E-state index contributed by atoms with van der Waals surface area (Å²) in [7, 11) is 0. The van der Waals surface area contributed by atoms with E-state index < -0.39 is 0 Å². The average molecular weight is 278 g/mol. The van der Waals surface area contributed by atoms with E-state index in [1.165, 1.54) is 0 Å². The number of nitrogens with zero attached hydrogens (tertiary/aromatic N) is 2. The van der Waals surface area contributed by atoms with Crippen LogP contribution >= 0.6 is 0 Å². The number of hydrogen-bond acceptors (Lipinski definition) is 5. The molecule has 1 saturated heterocycles. The highest BCUT2D eigenvalue weighted by atomic mass is 16.5. The van der Waals surface area contributed by atoms with E-state index >= 15 is 0 Å². The van der Waals surface area contributed by atoms with Gasteiger partial charge in [-0.1, -0.05) is 13.8 Å². The maximum absolute atomic E-state index is 11.6. The molecule has 6 heteroatoms. The molecule has 6 nitrogen and oxygen atoms in total. The van der Waals surface area contributed by atoms with Crippen LogP contribution in [0, 0.1) is 5.92 Å². The van der Waals surface area contributed by atoms with Crippen molar-refractivity contribution in [2.45, 2.75) is 39.2 Å². The lowest BCUT2D eigenvalue weighted by Crippen LogP contribution is -2.19. The van der Waals surface area contributed by atoms with Gasteiger partial charge < -0.3 is 15.4 Å². The lowest BCUT2D eigenvalue weighted by molar-refractivity contribution is -0.116. The first-order valence-corrected chi connectivity index (χ1v) is 7.12. The fraction of sp³-hybridized carbons (Fsp3) is 0.643. The van der Waals surface area contributed by atoms with Crippen LogP contribution in [-0.4, -0.2) is 35.4 Å². The molecule has 1 aromatic rings. The molecular weight excluding hydrogens is 256 g/mol. The van der Waals surface area contributed by atoms with Gasteiger partial charge in [-0.2, -0.15) is 0 Å². The molecule has 1 atom stereocenters. The number of amides is 1. The molecule has 1 amide bonds. The van der Waals surface area contributed by atoms with Crippen molar-refractivity contribution in [3.8, 4) is 0 Å². The van der Waals surface area contributed by atoms with Gasteiger partial charge in [-0.15, -0.1) is 10.2 Å². The van der Waals surface area contributed by atoms with Gasteiger partial charge in [-0.05, 0) is 30.9 Å². The van der Waals surface area contributed by atoms with Gasteiger partial charge in [0.05, 0.1) is 6.10 Å². The molecule has 1 fully saturated rings. The van der Waals surface area contributed by atoms with E-state index in [-0.39, 0.29) is 12.0 Å². The average Bonchev–Trinajstić information content (AvgIpc) is 2.90. The Morgan fingerprint density at radius 2 is 2.15 bits per heavy atom. The molecule has 0 saturated carbocycles. The van der Waals surface area contributed by atoms with Gasteiger partial charge in [0.1, 0.15) is 5.82 Å². The van der Waals surface area contributed by atoms with Crippen molar-refractivity contribution in [1.29, 1.82) is 0 Å². The zero-order chi connectivity index (χ0) is 14.4. The highest BCUT2D eigenvalue weighted by Gasteiger charge is 2.15. The van der Waals surface area contributed by atoms with Crippen molar-refractivity contribution in [1.82, 2.24) is 10.2 Å². The summed E-state index contributed by atoms with van der Waals surface area (Å²) in [4.78, 5) is 11.6. The SMILES string of the molecule is CC(C)CC(=O)Nc1ccc(NCC2CCCO2)nn1. The van der Waals surface area contributed by atoms with Gasteiger partial charge in [-0.25, -0.2) is 0 Å². The van der Waals surface area contributed by atoms with Crippen LogP contribution in [0.3, 0.4) is 0 Å². The molecule has 1 unspecified atom stereocenters. The monoisotopic (exact) mass is 278 g/mol. The second kappa shape index (κ2) is 7.19. The van der Waals surface area contributed by atoms with Crippen LogP contribution in [-0.2, 0) is 9.53 Å². The number of anilines is 2. The van der Waals surface area contributed by atoms with Crippen LogP contribution in [0.25, 0.3) is 0 Å². The van der Waals surface area contributed by atoms with Gasteiger partial charge in [0, 0.05) is 19.6 Å². The highest BCUT2D eigenvalue weighted by Crippen LogP contribution is 2.13. The molecule has 0 aromatic carbocycles. The van der Waals surface area contributed by atoms with Gasteiger partial charge >= 0.3 is 0 Å². The Kier molecular flexibility index (Phi) is 5.29. The molecule has 1 aliphatic rings. The predicted octanol–water partition coefficient (Wildman–Crippen LogP) is 2.05. The zero-order valence-corrected chi connectivity index (χ0v) is 12.1. The minimum Gasteiger partial charge on any atom is -0.376 e. The molecule has 0 aliphatic carbocycles. The molecule has 20 heavy (non-hydrogen) atoms. The molecule has 110 valence electrons. The van der Waals surface area contributed by atoms with Crippen molar-refractivity contribution in [2.75, 3.05) is 23.8 Å². The third kappa shape index (κ3) is 4.77. The topological polar surface area (TPSA) is 76.1 Å². The first-order valence-electron chi connectivity index (χ1n) is 7.12. The van der Waals surface area contributed by atoms with Crippen LogP contribution in [0.4, 0.5) is 11.6 Å². The van der Waals surface area contributed by atoms with Crippen LogP contribution in [0.1, 0.15) is 33.1 Å². The fourth-order valence-electron chi connectivity index (χ4n) is 2.08. The summed E-state index contributed by atoms with van der Waals surface area (Å²) < 4.78 is 5.52. The van der Waals surface area contributed by atoms with E-state index in [1.54, 1.807) is 6.07 Å². The second-order valence-corrected chi connectivity index (χ2v) is 5.47. The molecule has 2 heterocycles. The Morgan fingerprint density at radius 1 is 1.40 bits per heavy atom. The molecule has 2 rings (SSSR count). The maximum Gasteiger partial charge on any atom is 0.225 e. The smallest absolute Gasteiger partial charge is 0.225 e. The largest absolute Gasteiger partial charge is 0.376 e. The Balaban J connectivity index is 1.78. The summed E-state index contributed by atoms with van der Waals surface area (Å²) in [6, 6.07) is 3.57. The maximum atomic E-state index is 11.6. The van der Waals surface area contributed by atoms with Gasteiger partial charge in [0.25, 0.3) is 0 Å². The minimum atomic E-state index is -0.0330. The number of carbonyl (C=O) groups is 1. The molecule has 1 aliphatic heterocycles. The summed E-state index contributed by atoms with van der Waals surface area (Å²) in [5.41, 5.74) is 0. The third-order valence-corrected chi connectivity index (χ3v) is 3.06. The van der Waals surface area contributed by atoms with Gasteiger partial charge in [0.2, 0.25) is 5.91 Å². The number of aromatic nitrogens is 2. The second-order valence-electron chi connectivity index (χ2n) is 5.47. The van der Waals surface area contributed by atoms with Crippen molar-refractivity contribution in [3.05, 3.63) is 12.1 Å². The van der Waals surface area contributed by atoms with Gasteiger partial charge in [-0.3, -0.25) is 4.79 Å². The summed E-state index contributed by atoms with van der Waals surface area (Å²) >= 11 is 0. The Hall–Kier alpha value is -1.69. The van der Waals surface area contributed by atoms with Gasteiger partial charge in [0.15, 0.2) is 5.82 Å². The van der Waals surface area contributed by atoms with E-state index in [4.69, 9.17) is 4.74 Å². The van der Waals surface area contributed by atoms with Crippen LogP contribution < -0.4 is 10.6 Å². The quantitative estimate of drug-likeness (QED) is 0.833. The van der Waals surface area contributed by atoms with Crippen molar-refractivity contribution in [3.63, 3.8) is 0 Å². The van der Waals surface area contributed by atoms with Crippen LogP contribution in [0.5, 0.6) is 0 Å². The zero-order valence-electron chi connectivity index (χ0n) is 12.1. The molecular formula is C14H22N4O2. The summed E-state index contributed by atoms with van der Waals surface area (Å²) in [5, 5.41) is 13.9. The molecule has 0 radical (unpaired) electrons. The lowest BCUT2D eigenvalue weighted by atomic mass is 10.1. The first-order chi connectivity index (χ1) is 9.63. The number of hydrogen-bond donors (Lipinski definition) is 2. The first kappa shape index (κ1) is 14.7. The lowest BCUT2D eigenvalue weighted by Gasteiger charge is -2.11. The third-order valence-electron chi connectivity index (χ3n) is 3.06. The van der Waals surface area contributed by atoms with E-state index in [0.29, 0.717) is 24.0 Å². The molecule has 2 N–H and O–H groups in total. The van der Waals surface area contributed by atoms with E-state index in [1.807, 2.05) is 19.9 Å². The number of rotatable bonds is 6. The summed E-state index contributed by atoms with van der Waals surface area (Å²) in [6.45, 7) is 5.60. The number of ether oxygens (including phenoxy) is 1. The fourth-order valence-corrected chi connectivity index (χ4v) is 2.08. The minimum absolute atomic E-state index is 0.0330. The van der Waals surface area contributed by atoms with E-state index in [0.717, 1.165) is 26.0 Å². The molecule has 0 bridgehead atoms. The number of nitrogens with one attached hydrogen (secondary N) is 2. The standard InChI is InChI=1S/C14H22N4O2/c1-10(2)8-14(19)16-13-6-5-12(17-18-13)15-9-11-4-3-7-20-11/h5-6,10-11H,3-4,7-9H2,1-2H3,(H,15,17)(H,16,18,19). The predicted molar refractivity (Wildman–Crippen MR) is 77.6 cm³/mol. The Labute approximate surface area is 119 Å². The van der Waals surface area contributed by atoms with Crippen LogP contribution in [0.15, 0.2) is 12.1 Å².